The molecule has 9 nitrogen and oxygen atoms in total. The number of hydrogen-bond donors (Lipinski definition) is 3. The third kappa shape index (κ3) is 3.67. The summed E-state index contributed by atoms with van der Waals surface area (Å²) in [6.07, 6.45) is 0.414. The average Bonchev–Trinajstić information content (AvgIpc) is 2.98. The SMILES string of the molecule is Cc1noc(CCNC(=O)NC2COCC2C(=O)O)n1. The molecule has 110 valence electrons. The highest BCUT2D eigenvalue weighted by molar-refractivity contribution is 5.77. The van der Waals surface area contributed by atoms with Gasteiger partial charge in [-0.15, -0.1) is 0 Å². The van der Waals surface area contributed by atoms with Gasteiger partial charge in [-0.05, 0) is 6.92 Å². The highest BCUT2D eigenvalue weighted by atomic mass is 16.5. The van der Waals surface area contributed by atoms with Gasteiger partial charge in [0.25, 0.3) is 0 Å². The average molecular weight is 284 g/mol. The fraction of sp³-hybridized carbons (Fsp3) is 0.636. The smallest absolute Gasteiger partial charge is 0.315 e. The Bertz CT molecular complexity index is 489. The molecule has 0 aliphatic carbocycles. The largest absolute Gasteiger partial charge is 0.481 e. The van der Waals surface area contributed by atoms with E-state index in [1.807, 2.05) is 0 Å². The van der Waals surface area contributed by atoms with Crippen LogP contribution >= 0.6 is 0 Å². The normalized spacial score (nSPS) is 21.6. The topological polar surface area (TPSA) is 127 Å². The Kier molecular flexibility index (Phi) is 4.51. The fourth-order valence-corrected chi connectivity index (χ4v) is 1.88. The highest BCUT2D eigenvalue weighted by Gasteiger charge is 2.34. The standard InChI is InChI=1S/C11H16N4O5/c1-6-13-9(20-15-6)2-3-12-11(18)14-8-5-19-4-7(8)10(16)17/h7-8H,2-5H2,1H3,(H,16,17)(H2,12,14,18). The van der Waals surface area contributed by atoms with Crippen molar-refractivity contribution in [2.45, 2.75) is 19.4 Å². The molecule has 1 aromatic heterocycles. The van der Waals surface area contributed by atoms with Crippen LogP contribution in [0.1, 0.15) is 11.7 Å². The number of aliphatic carboxylic acids is 1. The first-order chi connectivity index (χ1) is 9.56. The minimum atomic E-state index is -0.978. The van der Waals surface area contributed by atoms with Crippen molar-refractivity contribution >= 4 is 12.0 Å². The minimum absolute atomic E-state index is 0.113. The number of amides is 2. The van der Waals surface area contributed by atoms with E-state index in [4.69, 9.17) is 14.4 Å². The zero-order valence-corrected chi connectivity index (χ0v) is 11.0. The van der Waals surface area contributed by atoms with Gasteiger partial charge >= 0.3 is 12.0 Å². The van der Waals surface area contributed by atoms with Crippen LogP contribution in [0.15, 0.2) is 4.52 Å². The van der Waals surface area contributed by atoms with Crippen molar-refractivity contribution in [1.82, 2.24) is 20.8 Å². The van der Waals surface area contributed by atoms with E-state index in [9.17, 15) is 9.59 Å². The number of aryl methyl sites for hydroxylation is 1. The number of carboxylic acids is 1. The Labute approximate surface area is 114 Å². The Balaban J connectivity index is 1.71. The van der Waals surface area contributed by atoms with Crippen LogP contribution in [-0.2, 0) is 16.0 Å². The van der Waals surface area contributed by atoms with Crippen molar-refractivity contribution in [2.75, 3.05) is 19.8 Å². The summed E-state index contributed by atoms with van der Waals surface area (Å²) in [6.45, 7) is 2.34. The molecule has 0 spiro atoms. The summed E-state index contributed by atoms with van der Waals surface area (Å²) in [6, 6.07) is -0.957. The van der Waals surface area contributed by atoms with E-state index in [0.717, 1.165) is 0 Å². The van der Waals surface area contributed by atoms with Crippen molar-refractivity contribution in [3.63, 3.8) is 0 Å². The molecule has 0 saturated carbocycles. The molecule has 3 N–H and O–H groups in total. The van der Waals surface area contributed by atoms with Gasteiger partial charge in [0, 0.05) is 13.0 Å². The van der Waals surface area contributed by atoms with Gasteiger partial charge in [0.1, 0.15) is 5.92 Å². The molecule has 9 heteroatoms. The Morgan fingerprint density at radius 1 is 1.45 bits per heavy atom. The second-order valence-corrected chi connectivity index (χ2v) is 4.47. The van der Waals surface area contributed by atoms with Gasteiger partial charge in [0.2, 0.25) is 5.89 Å². The fourth-order valence-electron chi connectivity index (χ4n) is 1.88. The lowest BCUT2D eigenvalue weighted by Gasteiger charge is -2.15. The maximum atomic E-state index is 11.6. The first-order valence-electron chi connectivity index (χ1n) is 6.20. The number of aromatic nitrogens is 2. The first-order valence-corrected chi connectivity index (χ1v) is 6.20. The van der Waals surface area contributed by atoms with Crippen molar-refractivity contribution < 1.29 is 24.0 Å². The predicted molar refractivity (Wildman–Crippen MR) is 65.0 cm³/mol. The van der Waals surface area contributed by atoms with Crippen LogP contribution in [0, 0.1) is 12.8 Å². The Hall–Kier alpha value is -2.16. The van der Waals surface area contributed by atoms with E-state index >= 15 is 0 Å². The third-order valence-electron chi connectivity index (χ3n) is 2.91. The highest BCUT2D eigenvalue weighted by Crippen LogP contribution is 2.13. The van der Waals surface area contributed by atoms with Crippen molar-refractivity contribution in [2.24, 2.45) is 5.92 Å². The zero-order chi connectivity index (χ0) is 14.5. The number of carbonyl (C=O) groups is 2. The number of nitrogens with zero attached hydrogens (tertiary/aromatic N) is 2. The van der Waals surface area contributed by atoms with Crippen LogP contribution in [-0.4, -0.2) is 53.0 Å². The minimum Gasteiger partial charge on any atom is -0.481 e. The van der Waals surface area contributed by atoms with Crippen molar-refractivity contribution in [1.29, 1.82) is 0 Å². The zero-order valence-electron chi connectivity index (χ0n) is 11.0. The molecule has 1 saturated heterocycles. The number of ether oxygens (including phenoxy) is 1. The van der Waals surface area contributed by atoms with E-state index in [-0.39, 0.29) is 13.2 Å². The van der Waals surface area contributed by atoms with Gasteiger partial charge in [0.15, 0.2) is 5.82 Å². The summed E-state index contributed by atoms with van der Waals surface area (Å²) in [5, 5.41) is 17.8. The summed E-state index contributed by atoms with van der Waals surface area (Å²) in [4.78, 5) is 26.5. The van der Waals surface area contributed by atoms with Gasteiger partial charge in [-0.3, -0.25) is 4.79 Å². The molecule has 2 atom stereocenters. The molecule has 0 bridgehead atoms. The third-order valence-corrected chi connectivity index (χ3v) is 2.91. The van der Waals surface area contributed by atoms with E-state index < -0.39 is 24.0 Å². The van der Waals surface area contributed by atoms with Gasteiger partial charge in [-0.25, -0.2) is 4.79 Å². The van der Waals surface area contributed by atoms with Crippen LogP contribution in [0.4, 0.5) is 4.79 Å². The lowest BCUT2D eigenvalue weighted by atomic mass is 10.0. The lowest BCUT2D eigenvalue weighted by Crippen LogP contribution is -2.47. The van der Waals surface area contributed by atoms with Gasteiger partial charge in [0.05, 0.1) is 19.3 Å². The first kappa shape index (κ1) is 14.3. The van der Waals surface area contributed by atoms with Crippen molar-refractivity contribution in [3.8, 4) is 0 Å². The molecule has 0 aromatic carbocycles. The summed E-state index contributed by atoms with van der Waals surface area (Å²) in [7, 11) is 0. The molecule has 20 heavy (non-hydrogen) atoms. The predicted octanol–water partition coefficient (Wildman–Crippen LogP) is -0.681. The molecular formula is C11H16N4O5. The van der Waals surface area contributed by atoms with E-state index in [2.05, 4.69) is 20.8 Å². The van der Waals surface area contributed by atoms with E-state index in [0.29, 0.717) is 24.7 Å². The number of nitrogens with one attached hydrogen (secondary N) is 2. The van der Waals surface area contributed by atoms with Crippen LogP contribution in [0.3, 0.4) is 0 Å². The number of carbonyl (C=O) groups excluding carboxylic acids is 1. The van der Waals surface area contributed by atoms with Gasteiger partial charge in [-0.1, -0.05) is 5.16 Å². The molecule has 1 aliphatic rings. The maximum absolute atomic E-state index is 11.6. The maximum Gasteiger partial charge on any atom is 0.315 e. The summed E-state index contributed by atoms with van der Waals surface area (Å²) in [5.74, 6) is -0.708. The monoisotopic (exact) mass is 284 g/mol. The van der Waals surface area contributed by atoms with E-state index in [1.54, 1.807) is 6.92 Å². The van der Waals surface area contributed by atoms with Gasteiger partial charge < -0.3 is 25.0 Å². The molecule has 2 unspecified atom stereocenters. The molecule has 1 aliphatic heterocycles. The number of hydrogen-bond acceptors (Lipinski definition) is 6. The molecule has 2 heterocycles. The summed E-state index contributed by atoms with van der Waals surface area (Å²) < 4.78 is 9.95. The van der Waals surface area contributed by atoms with Gasteiger partial charge in [-0.2, -0.15) is 4.98 Å². The van der Waals surface area contributed by atoms with E-state index in [1.165, 1.54) is 0 Å². The Morgan fingerprint density at radius 2 is 2.25 bits per heavy atom. The molecular weight excluding hydrogens is 268 g/mol. The lowest BCUT2D eigenvalue weighted by molar-refractivity contribution is -0.142. The van der Waals surface area contributed by atoms with Crippen LogP contribution in [0.5, 0.6) is 0 Å². The molecule has 1 aromatic rings. The number of urea groups is 1. The second kappa shape index (κ2) is 6.33. The molecule has 2 rings (SSSR count). The molecule has 1 fully saturated rings. The van der Waals surface area contributed by atoms with Crippen LogP contribution in [0.2, 0.25) is 0 Å². The number of carboxylic acid groups (broad SMARTS) is 1. The summed E-state index contributed by atoms with van der Waals surface area (Å²) >= 11 is 0. The molecule has 0 radical (unpaired) electrons. The van der Waals surface area contributed by atoms with Crippen molar-refractivity contribution in [3.05, 3.63) is 11.7 Å². The number of rotatable bonds is 5. The summed E-state index contributed by atoms with van der Waals surface area (Å²) in [5.41, 5.74) is 0. The van der Waals surface area contributed by atoms with Crippen LogP contribution in [0.25, 0.3) is 0 Å². The quantitative estimate of drug-likeness (QED) is 0.653. The second-order valence-electron chi connectivity index (χ2n) is 4.47. The molecule has 2 amide bonds. The van der Waals surface area contributed by atoms with Crippen LogP contribution < -0.4 is 10.6 Å². The Morgan fingerprint density at radius 3 is 2.90 bits per heavy atom.